The van der Waals surface area contributed by atoms with E-state index in [1.165, 1.54) is 15.9 Å². The van der Waals surface area contributed by atoms with Gasteiger partial charge in [-0.25, -0.2) is 4.98 Å². The number of aryl methyl sites for hydroxylation is 1. The van der Waals surface area contributed by atoms with Crippen molar-refractivity contribution in [2.45, 2.75) is 6.92 Å². The molecule has 0 fully saturated rings. The normalized spacial score (nSPS) is 10.9. The maximum atomic E-state index is 12.3. The molecule has 0 bridgehead atoms. The zero-order chi connectivity index (χ0) is 14.3. The number of Topliss-reactive ketones (excluding diaryl/α,β-unsaturated/α-hetero) is 1. The fraction of sp³-hybridized carbons (Fsp3) is 0.143. The third-order valence-corrected chi connectivity index (χ3v) is 3.10. The SMILES string of the molecule is CC(=O)c1nc(-c2ccccn2)c2c(=O)n(C)ccn12. The lowest BCUT2D eigenvalue weighted by Gasteiger charge is -2.01. The van der Waals surface area contributed by atoms with Gasteiger partial charge in [0.05, 0.1) is 5.69 Å². The van der Waals surface area contributed by atoms with Crippen LogP contribution in [0.4, 0.5) is 0 Å². The highest BCUT2D eigenvalue weighted by atomic mass is 16.1. The van der Waals surface area contributed by atoms with Crippen LogP contribution in [-0.4, -0.2) is 24.7 Å². The number of ketones is 1. The highest BCUT2D eigenvalue weighted by Crippen LogP contribution is 2.20. The number of hydrogen-bond acceptors (Lipinski definition) is 4. The van der Waals surface area contributed by atoms with Crippen LogP contribution in [0.1, 0.15) is 17.5 Å². The van der Waals surface area contributed by atoms with Crippen molar-refractivity contribution in [3.05, 3.63) is 53.0 Å². The first-order chi connectivity index (χ1) is 9.59. The molecule has 0 amide bonds. The van der Waals surface area contributed by atoms with Crippen molar-refractivity contribution in [1.29, 1.82) is 0 Å². The van der Waals surface area contributed by atoms with Crippen molar-refractivity contribution in [3.8, 4) is 11.4 Å². The summed E-state index contributed by atoms with van der Waals surface area (Å²) in [7, 11) is 1.66. The van der Waals surface area contributed by atoms with Crippen LogP contribution in [0.3, 0.4) is 0 Å². The standard InChI is InChI=1S/C14H12N4O2/c1-9(19)13-16-11(10-5-3-4-6-15-10)12-14(20)17(2)7-8-18(12)13/h3-8H,1-2H3. The summed E-state index contributed by atoms with van der Waals surface area (Å²) in [5.41, 5.74) is 1.14. The first-order valence-corrected chi connectivity index (χ1v) is 6.09. The van der Waals surface area contributed by atoms with Gasteiger partial charge < -0.3 is 4.57 Å². The largest absolute Gasteiger partial charge is 0.315 e. The number of aromatic nitrogens is 4. The third kappa shape index (κ3) is 1.73. The lowest BCUT2D eigenvalue weighted by molar-refractivity contribution is 0.100. The Hall–Kier alpha value is -2.76. The summed E-state index contributed by atoms with van der Waals surface area (Å²) in [4.78, 5) is 32.5. The van der Waals surface area contributed by atoms with Gasteiger partial charge in [-0.15, -0.1) is 0 Å². The summed E-state index contributed by atoms with van der Waals surface area (Å²) in [6.07, 6.45) is 4.89. The van der Waals surface area contributed by atoms with Gasteiger partial charge in [0.15, 0.2) is 11.6 Å². The molecule has 0 aliphatic rings. The van der Waals surface area contributed by atoms with Gasteiger partial charge >= 0.3 is 0 Å². The molecule has 0 atom stereocenters. The quantitative estimate of drug-likeness (QED) is 0.657. The van der Waals surface area contributed by atoms with Crippen molar-refractivity contribution in [2.75, 3.05) is 0 Å². The van der Waals surface area contributed by atoms with Gasteiger partial charge in [0, 0.05) is 32.6 Å². The van der Waals surface area contributed by atoms with Gasteiger partial charge in [-0.05, 0) is 12.1 Å². The molecular weight excluding hydrogens is 256 g/mol. The van der Waals surface area contributed by atoms with Crippen LogP contribution in [0.5, 0.6) is 0 Å². The maximum absolute atomic E-state index is 12.3. The Kier molecular flexibility index (Phi) is 2.71. The second kappa shape index (κ2) is 4.41. The van der Waals surface area contributed by atoms with E-state index in [1.54, 1.807) is 37.8 Å². The summed E-state index contributed by atoms with van der Waals surface area (Å²) < 4.78 is 2.97. The van der Waals surface area contributed by atoms with E-state index in [-0.39, 0.29) is 17.2 Å². The average molecular weight is 268 g/mol. The molecule has 3 aromatic heterocycles. The van der Waals surface area contributed by atoms with Crippen molar-refractivity contribution < 1.29 is 4.79 Å². The Morgan fingerprint density at radius 1 is 1.25 bits per heavy atom. The summed E-state index contributed by atoms with van der Waals surface area (Å²) in [6.45, 7) is 1.43. The third-order valence-electron chi connectivity index (χ3n) is 3.10. The predicted octanol–water partition coefficient (Wildman–Crippen LogP) is 1.30. The topological polar surface area (TPSA) is 69.3 Å². The molecule has 6 heteroatoms. The zero-order valence-corrected chi connectivity index (χ0v) is 11.1. The minimum absolute atomic E-state index is 0.199. The van der Waals surface area contributed by atoms with E-state index in [0.29, 0.717) is 16.9 Å². The Morgan fingerprint density at radius 2 is 2.05 bits per heavy atom. The summed E-state index contributed by atoms with van der Waals surface area (Å²) in [5.74, 6) is 0.0359. The molecule has 0 saturated carbocycles. The van der Waals surface area contributed by atoms with Crippen molar-refractivity contribution in [1.82, 2.24) is 18.9 Å². The maximum Gasteiger partial charge on any atom is 0.276 e. The van der Waals surface area contributed by atoms with Gasteiger partial charge in [-0.1, -0.05) is 6.07 Å². The minimum atomic E-state index is -0.215. The van der Waals surface area contributed by atoms with Crippen LogP contribution >= 0.6 is 0 Å². The van der Waals surface area contributed by atoms with Crippen LogP contribution in [0.15, 0.2) is 41.6 Å². The number of rotatable bonds is 2. The van der Waals surface area contributed by atoms with Gasteiger partial charge in [0.1, 0.15) is 11.2 Å². The van der Waals surface area contributed by atoms with Crippen LogP contribution < -0.4 is 5.56 Å². The van der Waals surface area contributed by atoms with E-state index in [0.717, 1.165) is 0 Å². The Balaban J connectivity index is 2.46. The molecule has 0 aromatic carbocycles. The minimum Gasteiger partial charge on any atom is -0.315 e. The molecule has 0 N–H and O–H groups in total. The van der Waals surface area contributed by atoms with Crippen molar-refractivity contribution in [3.63, 3.8) is 0 Å². The second-order valence-electron chi connectivity index (χ2n) is 4.49. The zero-order valence-electron chi connectivity index (χ0n) is 11.1. The number of carbonyl (C=O) groups excluding carboxylic acids is 1. The Bertz CT molecular complexity index is 862. The molecule has 3 rings (SSSR count). The van der Waals surface area contributed by atoms with Gasteiger partial charge in [0.25, 0.3) is 5.56 Å². The van der Waals surface area contributed by atoms with Crippen LogP contribution in [0.25, 0.3) is 16.9 Å². The molecular formula is C14H12N4O2. The number of nitrogens with zero attached hydrogens (tertiary/aromatic N) is 4. The van der Waals surface area contributed by atoms with Gasteiger partial charge in [-0.3, -0.25) is 19.0 Å². The highest BCUT2D eigenvalue weighted by Gasteiger charge is 2.19. The van der Waals surface area contributed by atoms with E-state index in [1.807, 2.05) is 6.07 Å². The molecule has 0 radical (unpaired) electrons. The fourth-order valence-corrected chi connectivity index (χ4v) is 2.11. The molecule has 0 saturated heterocycles. The fourth-order valence-electron chi connectivity index (χ4n) is 2.11. The van der Waals surface area contributed by atoms with Crippen molar-refractivity contribution >= 4 is 11.3 Å². The molecule has 0 unspecified atom stereocenters. The average Bonchev–Trinajstić information content (AvgIpc) is 2.84. The van der Waals surface area contributed by atoms with E-state index < -0.39 is 0 Å². The lowest BCUT2D eigenvalue weighted by atomic mass is 10.2. The number of imidazole rings is 1. The summed E-state index contributed by atoms with van der Waals surface area (Å²) in [5, 5.41) is 0. The van der Waals surface area contributed by atoms with Crippen LogP contribution in [0, 0.1) is 0 Å². The number of carbonyl (C=O) groups is 1. The second-order valence-corrected chi connectivity index (χ2v) is 4.49. The molecule has 3 aromatic rings. The molecule has 0 spiro atoms. The molecule has 6 nitrogen and oxygen atoms in total. The van der Waals surface area contributed by atoms with Gasteiger partial charge in [0.2, 0.25) is 0 Å². The molecule has 20 heavy (non-hydrogen) atoms. The Morgan fingerprint density at radius 3 is 2.70 bits per heavy atom. The number of fused-ring (bicyclic) bond motifs is 1. The van der Waals surface area contributed by atoms with E-state index >= 15 is 0 Å². The Labute approximate surface area is 114 Å². The van der Waals surface area contributed by atoms with E-state index in [2.05, 4.69) is 9.97 Å². The number of hydrogen-bond donors (Lipinski definition) is 0. The first kappa shape index (κ1) is 12.3. The summed E-state index contributed by atoms with van der Waals surface area (Å²) in [6, 6.07) is 5.36. The van der Waals surface area contributed by atoms with E-state index in [9.17, 15) is 9.59 Å². The lowest BCUT2D eigenvalue weighted by Crippen LogP contribution is -2.19. The predicted molar refractivity (Wildman–Crippen MR) is 73.7 cm³/mol. The highest BCUT2D eigenvalue weighted by molar-refractivity contribution is 5.94. The van der Waals surface area contributed by atoms with Crippen LogP contribution in [0.2, 0.25) is 0 Å². The summed E-state index contributed by atoms with van der Waals surface area (Å²) >= 11 is 0. The van der Waals surface area contributed by atoms with Gasteiger partial charge in [-0.2, -0.15) is 0 Å². The molecule has 0 aliphatic heterocycles. The molecule has 0 aliphatic carbocycles. The number of pyridine rings is 1. The smallest absolute Gasteiger partial charge is 0.276 e. The first-order valence-electron chi connectivity index (χ1n) is 6.09. The monoisotopic (exact) mass is 268 g/mol. The van der Waals surface area contributed by atoms with Crippen LogP contribution in [-0.2, 0) is 7.05 Å². The van der Waals surface area contributed by atoms with Crippen molar-refractivity contribution in [2.24, 2.45) is 7.05 Å². The molecule has 100 valence electrons. The van der Waals surface area contributed by atoms with E-state index in [4.69, 9.17) is 0 Å². The molecule has 3 heterocycles.